The predicted molar refractivity (Wildman–Crippen MR) is 116 cm³/mol. The third-order valence-corrected chi connectivity index (χ3v) is 7.22. The van der Waals surface area contributed by atoms with Crippen molar-refractivity contribution >= 4 is 23.5 Å². The molecule has 8 heteroatoms. The van der Waals surface area contributed by atoms with Gasteiger partial charge in [-0.3, -0.25) is 9.59 Å². The highest BCUT2D eigenvalue weighted by molar-refractivity contribution is 8.05. The summed E-state index contributed by atoms with van der Waals surface area (Å²) in [4.78, 5) is 28.7. The van der Waals surface area contributed by atoms with Crippen LogP contribution < -0.4 is 11.1 Å². The van der Waals surface area contributed by atoms with E-state index in [9.17, 15) is 9.59 Å². The maximum atomic E-state index is 13.1. The molecule has 0 unspecified atom stereocenters. The van der Waals surface area contributed by atoms with E-state index in [1.165, 1.54) is 32.9 Å². The minimum atomic E-state index is -0.190. The van der Waals surface area contributed by atoms with Crippen LogP contribution in [-0.4, -0.2) is 19.6 Å². The summed E-state index contributed by atoms with van der Waals surface area (Å²) in [5.74, 6) is 0. The largest absolute Gasteiger partial charge is 0.282 e. The Labute approximate surface area is 180 Å². The van der Waals surface area contributed by atoms with Crippen molar-refractivity contribution in [1.82, 2.24) is 19.6 Å². The summed E-state index contributed by atoms with van der Waals surface area (Å²) in [6.45, 7) is 0.777. The molecule has 0 saturated carbocycles. The maximum Gasteiger partial charge on any atom is 0.282 e. The molecule has 4 aromatic rings. The first kappa shape index (κ1) is 18.9. The van der Waals surface area contributed by atoms with Crippen LogP contribution in [0, 0.1) is 0 Å². The second kappa shape index (κ2) is 7.97. The van der Waals surface area contributed by atoms with E-state index in [-0.39, 0.29) is 11.1 Å². The first-order chi connectivity index (χ1) is 14.7. The number of benzene rings is 2. The molecule has 0 radical (unpaired) electrons. The van der Waals surface area contributed by atoms with E-state index in [4.69, 9.17) is 0 Å². The second-order valence-corrected chi connectivity index (χ2v) is 8.88. The van der Waals surface area contributed by atoms with E-state index in [0.717, 1.165) is 20.9 Å². The first-order valence-corrected chi connectivity index (χ1v) is 11.0. The summed E-state index contributed by atoms with van der Waals surface area (Å²) in [6.07, 6.45) is 3.38. The van der Waals surface area contributed by atoms with Crippen molar-refractivity contribution < 1.29 is 0 Å². The number of aromatic nitrogens is 4. The van der Waals surface area contributed by atoms with Crippen molar-refractivity contribution in [2.24, 2.45) is 0 Å². The van der Waals surface area contributed by atoms with E-state index in [1.54, 1.807) is 12.4 Å². The third-order valence-electron chi connectivity index (χ3n) is 4.71. The van der Waals surface area contributed by atoms with E-state index >= 15 is 0 Å². The Balaban J connectivity index is 1.49. The smallest absolute Gasteiger partial charge is 0.266 e. The molecule has 0 bridgehead atoms. The van der Waals surface area contributed by atoms with Crippen molar-refractivity contribution in [3.05, 3.63) is 105 Å². The standard InChI is InChI=1S/C22H16N4O2S2/c27-21-19-17(11-23-25(21)13-15-7-3-1-4-8-15)29-18-12-24-26(22(28)20(18)30-19)14-16-9-5-2-6-10-16/h1-12H,13-14H2. The van der Waals surface area contributed by atoms with Crippen LogP contribution >= 0.6 is 23.5 Å². The van der Waals surface area contributed by atoms with E-state index < -0.39 is 0 Å². The molecule has 30 heavy (non-hydrogen) atoms. The highest BCUT2D eigenvalue weighted by atomic mass is 32.2. The lowest BCUT2D eigenvalue weighted by molar-refractivity contribution is 0.603. The Hall–Kier alpha value is -3.10. The van der Waals surface area contributed by atoms with Gasteiger partial charge in [0, 0.05) is 0 Å². The number of hydrogen-bond donors (Lipinski definition) is 0. The van der Waals surface area contributed by atoms with Gasteiger partial charge in [-0.15, -0.1) is 0 Å². The zero-order valence-electron chi connectivity index (χ0n) is 15.8. The molecule has 0 atom stereocenters. The van der Waals surface area contributed by atoms with Crippen molar-refractivity contribution in [3.8, 4) is 0 Å². The van der Waals surface area contributed by atoms with Crippen LogP contribution in [0.4, 0.5) is 0 Å². The average Bonchev–Trinajstić information content (AvgIpc) is 2.78. The number of rotatable bonds is 4. The second-order valence-electron chi connectivity index (χ2n) is 6.78. The van der Waals surface area contributed by atoms with Gasteiger partial charge in [-0.2, -0.15) is 10.2 Å². The summed E-state index contributed by atoms with van der Waals surface area (Å²) in [5, 5.41) is 8.64. The maximum absolute atomic E-state index is 13.1. The molecule has 0 fully saturated rings. The van der Waals surface area contributed by atoms with E-state index in [0.29, 0.717) is 22.9 Å². The minimum absolute atomic E-state index is 0.190. The van der Waals surface area contributed by atoms with Gasteiger partial charge in [0.25, 0.3) is 11.1 Å². The lowest BCUT2D eigenvalue weighted by Crippen LogP contribution is -2.29. The molecule has 2 aromatic carbocycles. The van der Waals surface area contributed by atoms with Crippen molar-refractivity contribution in [2.45, 2.75) is 32.7 Å². The third kappa shape index (κ3) is 3.59. The van der Waals surface area contributed by atoms with Crippen LogP contribution in [0.1, 0.15) is 11.1 Å². The predicted octanol–water partition coefficient (Wildman–Crippen LogP) is 3.51. The zero-order valence-corrected chi connectivity index (χ0v) is 17.4. The highest BCUT2D eigenvalue weighted by Crippen LogP contribution is 2.44. The number of fused-ring (bicyclic) bond motifs is 2. The highest BCUT2D eigenvalue weighted by Gasteiger charge is 2.25. The van der Waals surface area contributed by atoms with Crippen LogP contribution in [0.2, 0.25) is 0 Å². The lowest BCUT2D eigenvalue weighted by Gasteiger charge is -2.18. The van der Waals surface area contributed by atoms with Gasteiger partial charge in [0.1, 0.15) is 0 Å². The number of nitrogens with zero attached hydrogens (tertiary/aromatic N) is 4. The molecular weight excluding hydrogens is 416 g/mol. The Morgan fingerprint density at radius 2 is 1.07 bits per heavy atom. The van der Waals surface area contributed by atoms with Crippen LogP contribution in [0.3, 0.4) is 0 Å². The lowest BCUT2D eigenvalue weighted by atomic mass is 10.2. The molecule has 1 aliphatic heterocycles. The van der Waals surface area contributed by atoms with Crippen molar-refractivity contribution in [1.29, 1.82) is 0 Å². The average molecular weight is 433 g/mol. The molecule has 5 rings (SSSR count). The summed E-state index contributed by atoms with van der Waals surface area (Å²) in [6, 6.07) is 19.4. The van der Waals surface area contributed by atoms with Crippen LogP contribution in [0.5, 0.6) is 0 Å². The van der Waals surface area contributed by atoms with E-state index in [2.05, 4.69) is 10.2 Å². The quantitative estimate of drug-likeness (QED) is 0.433. The van der Waals surface area contributed by atoms with Gasteiger partial charge >= 0.3 is 0 Å². The van der Waals surface area contributed by atoms with Gasteiger partial charge in [0.2, 0.25) is 0 Å². The molecule has 0 saturated heterocycles. The summed E-state index contributed by atoms with van der Waals surface area (Å²) in [7, 11) is 0. The Kier molecular flexibility index (Phi) is 5.02. The molecule has 3 heterocycles. The monoisotopic (exact) mass is 432 g/mol. The van der Waals surface area contributed by atoms with Crippen LogP contribution in [0.15, 0.2) is 102 Å². The topological polar surface area (TPSA) is 69.8 Å². The van der Waals surface area contributed by atoms with Crippen molar-refractivity contribution in [2.75, 3.05) is 0 Å². The fourth-order valence-electron chi connectivity index (χ4n) is 3.20. The molecular formula is C22H16N4O2S2. The summed E-state index contributed by atoms with van der Waals surface area (Å²) >= 11 is 2.59. The van der Waals surface area contributed by atoms with Gasteiger partial charge in [-0.05, 0) is 11.1 Å². The van der Waals surface area contributed by atoms with Crippen LogP contribution in [0.25, 0.3) is 0 Å². The molecule has 0 aliphatic carbocycles. The minimum Gasteiger partial charge on any atom is -0.266 e. The fourth-order valence-corrected chi connectivity index (χ4v) is 5.40. The Bertz CT molecular complexity index is 1230. The van der Waals surface area contributed by atoms with Crippen LogP contribution in [-0.2, 0) is 13.1 Å². The molecule has 2 aromatic heterocycles. The van der Waals surface area contributed by atoms with Gasteiger partial charge in [0.15, 0.2) is 0 Å². The Morgan fingerprint density at radius 1 is 0.633 bits per heavy atom. The van der Waals surface area contributed by atoms with Gasteiger partial charge in [-0.1, -0.05) is 84.2 Å². The molecule has 0 spiro atoms. The first-order valence-electron chi connectivity index (χ1n) is 9.33. The molecule has 148 valence electrons. The van der Waals surface area contributed by atoms with E-state index in [1.807, 2.05) is 60.7 Å². The molecule has 0 N–H and O–H groups in total. The summed E-state index contributed by atoms with van der Waals surface area (Å²) < 4.78 is 2.88. The number of hydrogen-bond acceptors (Lipinski definition) is 6. The molecule has 0 amide bonds. The Morgan fingerprint density at radius 3 is 1.50 bits per heavy atom. The zero-order chi connectivity index (χ0) is 20.5. The van der Waals surface area contributed by atoms with Gasteiger partial charge in [-0.25, -0.2) is 9.36 Å². The van der Waals surface area contributed by atoms with Crippen molar-refractivity contribution in [3.63, 3.8) is 0 Å². The molecule has 6 nitrogen and oxygen atoms in total. The molecule has 1 aliphatic rings. The normalized spacial score (nSPS) is 12.3. The van der Waals surface area contributed by atoms with Gasteiger partial charge < -0.3 is 0 Å². The SMILES string of the molecule is O=c1c2c(cnn1Cc1ccccc1)Sc1cnn(Cc3ccccc3)c(=O)c1S2. The van der Waals surface area contributed by atoms with Gasteiger partial charge in [0.05, 0.1) is 45.1 Å². The fraction of sp³-hybridized carbons (Fsp3) is 0.0909. The summed E-state index contributed by atoms with van der Waals surface area (Å²) in [5.41, 5.74) is 1.61.